The molecule has 6 nitrogen and oxygen atoms in total. The lowest BCUT2D eigenvalue weighted by Gasteiger charge is -2.31. The minimum atomic E-state index is 0.264. The van der Waals surface area contributed by atoms with Crippen LogP contribution in [0.4, 0.5) is 0 Å². The van der Waals surface area contributed by atoms with Crippen molar-refractivity contribution in [2.45, 2.75) is 44.7 Å². The van der Waals surface area contributed by atoms with Gasteiger partial charge in [0.25, 0.3) is 0 Å². The second kappa shape index (κ2) is 7.79. The van der Waals surface area contributed by atoms with E-state index in [1.54, 1.807) is 6.33 Å². The first-order valence-electron chi connectivity index (χ1n) is 9.61. The fraction of sp³-hybridized carbons (Fsp3) is 0.737. The molecule has 2 aliphatic heterocycles. The van der Waals surface area contributed by atoms with Gasteiger partial charge in [0.2, 0.25) is 5.91 Å². The molecule has 2 bridgehead atoms. The SMILES string of the molecule is O=C(CC1CCCC1)N1C[C@@H]2COC[C@H](C1)N(Cc1cncnc1)C2. The van der Waals surface area contributed by atoms with E-state index in [0.29, 0.717) is 24.3 Å². The van der Waals surface area contributed by atoms with Gasteiger partial charge in [0, 0.05) is 56.5 Å². The van der Waals surface area contributed by atoms with Crippen LogP contribution in [0.25, 0.3) is 0 Å². The summed E-state index contributed by atoms with van der Waals surface area (Å²) >= 11 is 0. The van der Waals surface area contributed by atoms with E-state index >= 15 is 0 Å². The lowest BCUT2D eigenvalue weighted by Crippen LogP contribution is -2.45. The predicted molar refractivity (Wildman–Crippen MR) is 93.7 cm³/mol. The Morgan fingerprint density at radius 2 is 1.92 bits per heavy atom. The lowest BCUT2D eigenvalue weighted by atomic mass is 10.0. The molecule has 6 heteroatoms. The molecular weight excluding hydrogens is 316 g/mol. The van der Waals surface area contributed by atoms with E-state index in [9.17, 15) is 4.79 Å². The molecule has 136 valence electrons. The van der Waals surface area contributed by atoms with Gasteiger partial charge in [-0.2, -0.15) is 0 Å². The van der Waals surface area contributed by atoms with Crippen molar-refractivity contribution in [1.29, 1.82) is 0 Å². The molecule has 1 aliphatic carbocycles. The van der Waals surface area contributed by atoms with E-state index in [1.165, 1.54) is 25.7 Å². The van der Waals surface area contributed by atoms with Gasteiger partial charge in [0.05, 0.1) is 19.3 Å². The third kappa shape index (κ3) is 4.18. The maximum absolute atomic E-state index is 12.8. The van der Waals surface area contributed by atoms with Crippen LogP contribution in [0, 0.1) is 11.8 Å². The van der Waals surface area contributed by atoms with Crippen molar-refractivity contribution in [3.05, 3.63) is 24.3 Å². The van der Waals surface area contributed by atoms with Crippen LogP contribution in [-0.2, 0) is 16.1 Å². The molecule has 1 saturated carbocycles. The predicted octanol–water partition coefficient (Wildman–Crippen LogP) is 1.72. The second-order valence-electron chi connectivity index (χ2n) is 7.89. The summed E-state index contributed by atoms with van der Waals surface area (Å²) in [5.41, 5.74) is 1.12. The average molecular weight is 344 g/mol. The van der Waals surface area contributed by atoms with E-state index in [-0.39, 0.29) is 6.04 Å². The second-order valence-corrected chi connectivity index (χ2v) is 7.89. The smallest absolute Gasteiger partial charge is 0.222 e. The van der Waals surface area contributed by atoms with E-state index in [4.69, 9.17) is 4.74 Å². The normalized spacial score (nSPS) is 28.1. The van der Waals surface area contributed by atoms with Crippen molar-refractivity contribution < 1.29 is 9.53 Å². The minimum Gasteiger partial charge on any atom is -0.379 e. The first-order chi connectivity index (χ1) is 12.3. The van der Waals surface area contributed by atoms with Gasteiger partial charge in [0.1, 0.15) is 6.33 Å². The number of ether oxygens (including phenoxy) is 1. The summed E-state index contributed by atoms with van der Waals surface area (Å²) < 4.78 is 5.88. The Kier molecular flexibility index (Phi) is 5.27. The molecule has 4 rings (SSSR count). The highest BCUT2D eigenvalue weighted by molar-refractivity contribution is 5.76. The number of aromatic nitrogens is 2. The van der Waals surface area contributed by atoms with Crippen molar-refractivity contribution in [2.75, 3.05) is 32.8 Å². The zero-order valence-corrected chi connectivity index (χ0v) is 14.8. The Balaban J connectivity index is 1.43. The van der Waals surface area contributed by atoms with Crippen molar-refractivity contribution in [3.63, 3.8) is 0 Å². The first kappa shape index (κ1) is 16.9. The van der Waals surface area contributed by atoms with Crippen molar-refractivity contribution in [1.82, 2.24) is 19.8 Å². The zero-order chi connectivity index (χ0) is 17.1. The van der Waals surface area contributed by atoms with Gasteiger partial charge in [-0.05, 0) is 18.8 Å². The number of rotatable bonds is 4. The largest absolute Gasteiger partial charge is 0.379 e. The van der Waals surface area contributed by atoms with Gasteiger partial charge < -0.3 is 9.64 Å². The van der Waals surface area contributed by atoms with E-state index in [2.05, 4.69) is 19.8 Å². The standard InChI is InChI=1S/C19H28N4O2/c24-19(5-15-3-1-2-4-15)23-10-17-9-22(18(11-23)13-25-12-17)8-16-6-20-14-21-7-16/h6-7,14-15,17-18H,1-5,8-13H2/t17-,18+/m1/s1. The summed E-state index contributed by atoms with van der Waals surface area (Å²) in [7, 11) is 0. The summed E-state index contributed by atoms with van der Waals surface area (Å²) in [5, 5.41) is 0. The summed E-state index contributed by atoms with van der Waals surface area (Å²) in [6.45, 7) is 4.89. The highest BCUT2D eigenvalue weighted by atomic mass is 16.5. The Hall–Kier alpha value is -1.53. The number of fused-ring (bicyclic) bond motifs is 3. The van der Waals surface area contributed by atoms with Gasteiger partial charge in [-0.3, -0.25) is 9.69 Å². The van der Waals surface area contributed by atoms with Crippen LogP contribution in [0.1, 0.15) is 37.7 Å². The molecule has 0 N–H and O–H groups in total. The Morgan fingerprint density at radius 1 is 1.12 bits per heavy atom. The summed E-state index contributed by atoms with van der Waals surface area (Å²) in [4.78, 5) is 25.7. The molecule has 3 aliphatic rings. The third-order valence-electron chi connectivity index (χ3n) is 5.87. The molecule has 0 radical (unpaired) electrons. The van der Waals surface area contributed by atoms with Crippen LogP contribution in [0.3, 0.4) is 0 Å². The van der Waals surface area contributed by atoms with Crippen molar-refractivity contribution in [2.24, 2.45) is 11.8 Å². The highest BCUT2D eigenvalue weighted by Gasteiger charge is 2.35. The fourth-order valence-electron chi connectivity index (χ4n) is 4.56. The fourth-order valence-corrected chi connectivity index (χ4v) is 4.56. The van der Waals surface area contributed by atoms with E-state index in [1.807, 2.05) is 12.4 Å². The van der Waals surface area contributed by atoms with Crippen LogP contribution in [-0.4, -0.2) is 64.6 Å². The first-order valence-corrected chi connectivity index (χ1v) is 9.61. The molecular formula is C19H28N4O2. The molecule has 0 aromatic carbocycles. The molecule has 1 amide bonds. The maximum atomic E-state index is 12.8. The number of carbonyl (C=O) groups is 1. The van der Waals surface area contributed by atoms with E-state index < -0.39 is 0 Å². The molecule has 2 saturated heterocycles. The van der Waals surface area contributed by atoms with Crippen LogP contribution in [0.2, 0.25) is 0 Å². The summed E-state index contributed by atoms with van der Waals surface area (Å²) in [5.74, 6) is 1.36. The number of hydrogen-bond acceptors (Lipinski definition) is 5. The molecule has 3 fully saturated rings. The monoisotopic (exact) mass is 344 g/mol. The van der Waals surface area contributed by atoms with Crippen molar-refractivity contribution in [3.8, 4) is 0 Å². The highest BCUT2D eigenvalue weighted by Crippen LogP contribution is 2.29. The number of amides is 1. The average Bonchev–Trinajstić information content (AvgIpc) is 2.95. The van der Waals surface area contributed by atoms with Gasteiger partial charge in [-0.1, -0.05) is 12.8 Å². The van der Waals surface area contributed by atoms with Crippen LogP contribution < -0.4 is 0 Å². The minimum absolute atomic E-state index is 0.264. The number of nitrogens with zero attached hydrogens (tertiary/aromatic N) is 4. The molecule has 1 aromatic rings. The number of hydrogen-bond donors (Lipinski definition) is 0. The quantitative estimate of drug-likeness (QED) is 0.832. The van der Waals surface area contributed by atoms with Gasteiger partial charge in [0.15, 0.2) is 0 Å². The van der Waals surface area contributed by atoms with Crippen LogP contribution in [0.5, 0.6) is 0 Å². The van der Waals surface area contributed by atoms with E-state index in [0.717, 1.165) is 44.8 Å². The van der Waals surface area contributed by atoms with Crippen LogP contribution in [0.15, 0.2) is 18.7 Å². The van der Waals surface area contributed by atoms with Crippen LogP contribution >= 0.6 is 0 Å². The Morgan fingerprint density at radius 3 is 2.72 bits per heavy atom. The Bertz CT molecular complexity index is 576. The Labute approximate surface area is 149 Å². The maximum Gasteiger partial charge on any atom is 0.222 e. The topological polar surface area (TPSA) is 58.6 Å². The summed E-state index contributed by atoms with van der Waals surface area (Å²) in [6, 6.07) is 0.264. The number of carbonyl (C=O) groups excluding carboxylic acids is 1. The lowest BCUT2D eigenvalue weighted by molar-refractivity contribution is -0.134. The van der Waals surface area contributed by atoms with Gasteiger partial charge in [-0.15, -0.1) is 0 Å². The van der Waals surface area contributed by atoms with Gasteiger partial charge >= 0.3 is 0 Å². The molecule has 1 aromatic heterocycles. The van der Waals surface area contributed by atoms with Crippen molar-refractivity contribution >= 4 is 5.91 Å². The van der Waals surface area contributed by atoms with Gasteiger partial charge in [-0.25, -0.2) is 9.97 Å². The molecule has 3 heterocycles. The zero-order valence-electron chi connectivity index (χ0n) is 14.8. The summed E-state index contributed by atoms with van der Waals surface area (Å²) in [6.07, 6.45) is 11.1. The molecule has 0 spiro atoms. The third-order valence-corrected chi connectivity index (χ3v) is 5.87. The molecule has 25 heavy (non-hydrogen) atoms. The molecule has 2 atom stereocenters. The molecule has 0 unspecified atom stereocenters.